The van der Waals surface area contributed by atoms with Crippen LogP contribution in [0.25, 0.3) is 39.4 Å². The summed E-state index contributed by atoms with van der Waals surface area (Å²) in [5.41, 5.74) is 4.90. The van der Waals surface area contributed by atoms with Gasteiger partial charge in [0.2, 0.25) is 4.96 Å². The number of halogens is 1. The zero-order valence-corrected chi connectivity index (χ0v) is 21.9. The molecule has 0 aliphatic heterocycles. The van der Waals surface area contributed by atoms with Crippen molar-refractivity contribution in [3.8, 4) is 28.3 Å². The SMILES string of the molecule is CC(C)(C)c1ccc(-c2nc3s/c(=C/c4cn(-c5ccccc5)nc4-c4ccc(F)cc4)c(=O)n3n2)cc1. The number of nitrogens with zero attached hydrogens (tertiary/aromatic N) is 5. The van der Waals surface area contributed by atoms with E-state index in [1.807, 2.05) is 48.7 Å². The summed E-state index contributed by atoms with van der Waals surface area (Å²) in [5.74, 6) is 0.197. The van der Waals surface area contributed by atoms with Crippen LogP contribution in [0.5, 0.6) is 0 Å². The smallest absolute Gasteiger partial charge is 0.266 e. The fraction of sp³-hybridized carbons (Fsp3) is 0.133. The predicted octanol–water partition coefficient (Wildman–Crippen LogP) is 5.66. The molecule has 0 N–H and O–H groups in total. The normalized spacial score (nSPS) is 12.5. The molecule has 3 aromatic heterocycles. The second-order valence-electron chi connectivity index (χ2n) is 10.1. The molecule has 3 aromatic carbocycles. The Balaban J connectivity index is 1.43. The van der Waals surface area contributed by atoms with E-state index < -0.39 is 0 Å². The fourth-order valence-corrected chi connectivity index (χ4v) is 5.15. The van der Waals surface area contributed by atoms with Gasteiger partial charge in [-0.25, -0.2) is 9.07 Å². The first-order chi connectivity index (χ1) is 18.3. The van der Waals surface area contributed by atoms with Crippen molar-refractivity contribution in [3.05, 3.63) is 117 Å². The van der Waals surface area contributed by atoms with E-state index in [0.717, 1.165) is 22.4 Å². The van der Waals surface area contributed by atoms with Crippen LogP contribution in [0.1, 0.15) is 31.9 Å². The quantitative estimate of drug-likeness (QED) is 0.301. The molecule has 0 saturated heterocycles. The van der Waals surface area contributed by atoms with Gasteiger partial charge in [0.1, 0.15) is 11.5 Å². The molecule has 38 heavy (non-hydrogen) atoms. The van der Waals surface area contributed by atoms with Crippen LogP contribution in [0.15, 0.2) is 89.9 Å². The van der Waals surface area contributed by atoms with Gasteiger partial charge in [0, 0.05) is 22.9 Å². The lowest BCUT2D eigenvalue weighted by atomic mass is 9.87. The van der Waals surface area contributed by atoms with E-state index in [1.54, 1.807) is 22.9 Å². The third kappa shape index (κ3) is 4.43. The highest BCUT2D eigenvalue weighted by Gasteiger charge is 2.17. The van der Waals surface area contributed by atoms with Crippen molar-refractivity contribution in [2.24, 2.45) is 0 Å². The summed E-state index contributed by atoms with van der Waals surface area (Å²) in [7, 11) is 0. The molecular formula is C30H24FN5OS. The molecule has 188 valence electrons. The maximum absolute atomic E-state index is 13.6. The van der Waals surface area contributed by atoms with Crippen LogP contribution in [0.2, 0.25) is 0 Å². The maximum atomic E-state index is 13.6. The number of hydrogen-bond donors (Lipinski definition) is 0. The molecule has 0 radical (unpaired) electrons. The minimum atomic E-state index is -0.321. The van der Waals surface area contributed by atoms with E-state index in [0.29, 0.717) is 21.0 Å². The molecule has 8 heteroatoms. The molecule has 6 nitrogen and oxygen atoms in total. The van der Waals surface area contributed by atoms with Crippen molar-refractivity contribution in [2.45, 2.75) is 26.2 Å². The molecule has 0 fully saturated rings. The number of benzene rings is 3. The number of para-hydroxylation sites is 1. The maximum Gasteiger partial charge on any atom is 0.291 e. The number of thiazole rings is 1. The molecule has 3 heterocycles. The second kappa shape index (κ2) is 9.15. The third-order valence-corrected chi connectivity index (χ3v) is 7.32. The zero-order chi connectivity index (χ0) is 26.4. The Kier molecular flexibility index (Phi) is 5.76. The highest BCUT2D eigenvalue weighted by atomic mass is 32.1. The van der Waals surface area contributed by atoms with Crippen molar-refractivity contribution >= 4 is 22.4 Å². The van der Waals surface area contributed by atoms with E-state index in [9.17, 15) is 9.18 Å². The first kappa shape index (κ1) is 23.9. The van der Waals surface area contributed by atoms with E-state index in [-0.39, 0.29) is 16.8 Å². The molecule has 0 bridgehead atoms. The summed E-state index contributed by atoms with van der Waals surface area (Å²) in [6.07, 6.45) is 3.66. The number of hydrogen-bond acceptors (Lipinski definition) is 5. The highest BCUT2D eigenvalue weighted by Crippen LogP contribution is 2.26. The van der Waals surface area contributed by atoms with Crippen LogP contribution in [0.3, 0.4) is 0 Å². The van der Waals surface area contributed by atoms with Crippen LogP contribution in [0.4, 0.5) is 4.39 Å². The first-order valence-electron chi connectivity index (χ1n) is 12.2. The molecule has 0 amide bonds. The van der Waals surface area contributed by atoms with E-state index >= 15 is 0 Å². The van der Waals surface area contributed by atoms with E-state index in [4.69, 9.17) is 5.10 Å². The van der Waals surface area contributed by atoms with Gasteiger partial charge >= 0.3 is 0 Å². The Morgan fingerprint density at radius 1 is 0.868 bits per heavy atom. The molecule has 6 aromatic rings. The molecular weight excluding hydrogens is 497 g/mol. The van der Waals surface area contributed by atoms with Gasteiger partial charge in [-0.1, -0.05) is 74.6 Å². The average Bonchev–Trinajstić information content (AvgIpc) is 3.60. The van der Waals surface area contributed by atoms with Gasteiger partial charge in [-0.15, -0.1) is 5.10 Å². The van der Waals surface area contributed by atoms with E-state index in [1.165, 1.54) is 33.5 Å². The van der Waals surface area contributed by atoms with Gasteiger partial charge in [-0.2, -0.15) is 14.6 Å². The number of aromatic nitrogens is 5. The van der Waals surface area contributed by atoms with Gasteiger partial charge in [0.15, 0.2) is 5.82 Å². The minimum Gasteiger partial charge on any atom is -0.266 e. The van der Waals surface area contributed by atoms with Crippen LogP contribution in [-0.2, 0) is 5.41 Å². The Hall–Kier alpha value is -4.43. The monoisotopic (exact) mass is 521 g/mol. The van der Waals surface area contributed by atoms with Gasteiger partial charge in [-0.05, 0) is 53.5 Å². The van der Waals surface area contributed by atoms with Gasteiger partial charge in [0.25, 0.3) is 5.56 Å². The van der Waals surface area contributed by atoms with Crippen molar-refractivity contribution in [1.82, 2.24) is 24.4 Å². The summed E-state index contributed by atoms with van der Waals surface area (Å²) in [6.45, 7) is 6.50. The van der Waals surface area contributed by atoms with Gasteiger partial charge < -0.3 is 0 Å². The summed E-state index contributed by atoms with van der Waals surface area (Å²) in [4.78, 5) is 18.4. The third-order valence-electron chi connectivity index (χ3n) is 6.36. The topological polar surface area (TPSA) is 65.1 Å². The molecule has 0 unspecified atom stereocenters. The summed E-state index contributed by atoms with van der Waals surface area (Å²) >= 11 is 1.28. The van der Waals surface area contributed by atoms with Crippen LogP contribution in [0, 0.1) is 5.82 Å². The van der Waals surface area contributed by atoms with E-state index in [2.05, 4.69) is 43.0 Å². The Bertz CT molecular complexity index is 1860. The second-order valence-corrected chi connectivity index (χ2v) is 11.1. The Labute approximate surface area is 222 Å². The van der Waals surface area contributed by atoms with Crippen LogP contribution >= 0.6 is 11.3 Å². The first-order valence-corrected chi connectivity index (χ1v) is 13.0. The lowest BCUT2D eigenvalue weighted by Gasteiger charge is -2.18. The van der Waals surface area contributed by atoms with Crippen LogP contribution < -0.4 is 10.1 Å². The van der Waals surface area contributed by atoms with Crippen molar-refractivity contribution < 1.29 is 4.39 Å². The lowest BCUT2D eigenvalue weighted by molar-refractivity contribution is 0.590. The van der Waals surface area contributed by atoms with Gasteiger partial charge in [0.05, 0.1) is 10.2 Å². The zero-order valence-electron chi connectivity index (χ0n) is 21.1. The Morgan fingerprint density at radius 2 is 1.55 bits per heavy atom. The summed E-state index contributed by atoms with van der Waals surface area (Å²) in [5, 5.41) is 9.25. The van der Waals surface area contributed by atoms with Gasteiger partial charge in [-0.3, -0.25) is 4.79 Å². The minimum absolute atomic E-state index is 0.0501. The molecule has 0 aliphatic rings. The molecule has 0 atom stereocenters. The summed E-state index contributed by atoms with van der Waals surface area (Å²) in [6, 6.07) is 24.0. The highest BCUT2D eigenvalue weighted by molar-refractivity contribution is 7.15. The Morgan fingerprint density at radius 3 is 2.21 bits per heavy atom. The summed E-state index contributed by atoms with van der Waals surface area (Å²) < 4.78 is 17.2. The number of fused-ring (bicyclic) bond motifs is 1. The average molecular weight is 522 g/mol. The fourth-order valence-electron chi connectivity index (χ4n) is 4.25. The van der Waals surface area contributed by atoms with Crippen molar-refractivity contribution in [1.29, 1.82) is 0 Å². The molecule has 0 saturated carbocycles. The lowest BCUT2D eigenvalue weighted by Crippen LogP contribution is -2.23. The van der Waals surface area contributed by atoms with Crippen LogP contribution in [-0.4, -0.2) is 24.4 Å². The van der Waals surface area contributed by atoms with Crippen molar-refractivity contribution in [3.63, 3.8) is 0 Å². The molecule has 6 rings (SSSR count). The predicted molar refractivity (Wildman–Crippen MR) is 149 cm³/mol. The van der Waals surface area contributed by atoms with Crippen molar-refractivity contribution in [2.75, 3.05) is 0 Å². The number of rotatable bonds is 4. The largest absolute Gasteiger partial charge is 0.291 e. The standard InChI is InChI=1S/C30H24FN5OS/c1-30(2,3)22-13-9-20(10-14-22)27-32-29-36(34-27)28(37)25(38-29)17-21-18-35(24-7-5-4-6-8-24)33-26(21)19-11-15-23(31)16-12-19/h4-18H,1-3H3/b25-17+. The molecule has 0 aliphatic carbocycles. The molecule has 0 spiro atoms.